The molecule has 0 aliphatic heterocycles. The molecule has 1 aromatic heterocycles. The van der Waals surface area contributed by atoms with E-state index in [0.29, 0.717) is 23.1 Å². The van der Waals surface area contributed by atoms with Gasteiger partial charge in [0.1, 0.15) is 5.82 Å². The third-order valence-electron chi connectivity index (χ3n) is 4.08. The molecule has 0 spiro atoms. The molecule has 0 amide bonds. The fourth-order valence-electron chi connectivity index (χ4n) is 2.29. The molecule has 0 fully saturated rings. The van der Waals surface area contributed by atoms with Crippen molar-refractivity contribution in [3.63, 3.8) is 0 Å². The van der Waals surface area contributed by atoms with Crippen LogP contribution in [-0.4, -0.2) is 34.1 Å². The molecular weight excluding hydrogens is 255 g/mol. The Morgan fingerprint density at radius 1 is 1.45 bits per heavy atom. The molecular formula is C15H23FN4. The number of likely N-dealkylation sites (N-methyl/N-ethyl adjacent to an activating group) is 1. The fraction of sp³-hybridized carbons (Fsp3) is 0.533. The van der Waals surface area contributed by atoms with Gasteiger partial charge in [0.2, 0.25) is 5.95 Å². The van der Waals surface area contributed by atoms with E-state index in [1.165, 1.54) is 6.07 Å². The molecule has 2 rings (SSSR count). The maximum Gasteiger partial charge on any atom is 0.201 e. The van der Waals surface area contributed by atoms with E-state index in [-0.39, 0.29) is 5.82 Å². The first-order valence-corrected chi connectivity index (χ1v) is 7.06. The molecule has 1 heterocycles. The number of hydrogen-bond donors (Lipinski definition) is 1. The van der Waals surface area contributed by atoms with Crippen LogP contribution in [0.2, 0.25) is 0 Å². The molecule has 0 aliphatic carbocycles. The van der Waals surface area contributed by atoms with Crippen molar-refractivity contribution in [1.82, 2.24) is 14.5 Å². The Kier molecular flexibility index (Phi) is 4.28. The molecule has 20 heavy (non-hydrogen) atoms. The second-order valence-corrected chi connectivity index (χ2v) is 5.45. The topological polar surface area (TPSA) is 47.1 Å². The number of fused-ring (bicyclic) bond motifs is 1. The summed E-state index contributed by atoms with van der Waals surface area (Å²) < 4.78 is 15.5. The summed E-state index contributed by atoms with van der Waals surface area (Å²) in [4.78, 5) is 6.53. The minimum absolute atomic E-state index is 0.237. The lowest BCUT2D eigenvalue weighted by Gasteiger charge is -2.23. The SMILES string of the molecule is CCC(C)N(C)CCn1c(N)nc2cc(F)c(C)cc21. The Morgan fingerprint density at radius 3 is 2.80 bits per heavy atom. The van der Waals surface area contributed by atoms with E-state index in [1.54, 1.807) is 6.92 Å². The number of aromatic nitrogens is 2. The van der Waals surface area contributed by atoms with E-state index in [4.69, 9.17) is 5.73 Å². The van der Waals surface area contributed by atoms with Gasteiger partial charge in [-0.1, -0.05) is 6.92 Å². The van der Waals surface area contributed by atoms with Crippen molar-refractivity contribution in [1.29, 1.82) is 0 Å². The number of aryl methyl sites for hydroxylation is 1. The summed E-state index contributed by atoms with van der Waals surface area (Å²) in [5, 5.41) is 0. The second-order valence-electron chi connectivity index (χ2n) is 5.45. The predicted octanol–water partition coefficient (Wildman–Crippen LogP) is 2.80. The van der Waals surface area contributed by atoms with Crippen LogP contribution in [0.1, 0.15) is 25.8 Å². The fourth-order valence-corrected chi connectivity index (χ4v) is 2.29. The van der Waals surface area contributed by atoms with Gasteiger partial charge in [-0.3, -0.25) is 0 Å². The third kappa shape index (κ3) is 2.77. The summed E-state index contributed by atoms with van der Waals surface area (Å²) in [7, 11) is 2.11. The number of anilines is 1. The number of halogens is 1. The Morgan fingerprint density at radius 2 is 2.15 bits per heavy atom. The first-order chi connectivity index (χ1) is 9.43. The number of nitrogen functional groups attached to an aromatic ring is 1. The summed E-state index contributed by atoms with van der Waals surface area (Å²) in [5.41, 5.74) is 8.10. The molecule has 0 saturated heterocycles. The molecule has 2 N–H and O–H groups in total. The highest BCUT2D eigenvalue weighted by Gasteiger charge is 2.12. The van der Waals surface area contributed by atoms with E-state index >= 15 is 0 Å². The molecule has 0 saturated carbocycles. The van der Waals surface area contributed by atoms with E-state index in [2.05, 4.69) is 30.8 Å². The zero-order chi connectivity index (χ0) is 14.9. The van der Waals surface area contributed by atoms with Crippen LogP contribution in [0.25, 0.3) is 11.0 Å². The number of nitrogens with two attached hydrogens (primary N) is 1. The van der Waals surface area contributed by atoms with Crippen LogP contribution >= 0.6 is 0 Å². The number of imidazole rings is 1. The van der Waals surface area contributed by atoms with Crippen LogP contribution in [0, 0.1) is 12.7 Å². The number of hydrogen-bond acceptors (Lipinski definition) is 3. The van der Waals surface area contributed by atoms with Gasteiger partial charge in [-0.25, -0.2) is 9.37 Å². The Balaban J connectivity index is 2.26. The molecule has 2 aromatic rings. The molecule has 4 nitrogen and oxygen atoms in total. The van der Waals surface area contributed by atoms with E-state index in [1.807, 2.05) is 10.6 Å². The van der Waals surface area contributed by atoms with Gasteiger partial charge in [-0.2, -0.15) is 0 Å². The van der Waals surface area contributed by atoms with E-state index < -0.39 is 0 Å². The van der Waals surface area contributed by atoms with E-state index in [9.17, 15) is 4.39 Å². The van der Waals surface area contributed by atoms with Gasteiger partial charge in [-0.15, -0.1) is 0 Å². The van der Waals surface area contributed by atoms with Crippen LogP contribution < -0.4 is 5.73 Å². The molecule has 110 valence electrons. The summed E-state index contributed by atoms with van der Waals surface area (Å²) in [6.07, 6.45) is 1.11. The molecule has 5 heteroatoms. The highest BCUT2D eigenvalue weighted by Crippen LogP contribution is 2.21. The van der Waals surface area contributed by atoms with Gasteiger partial charge in [-0.05, 0) is 38.9 Å². The first-order valence-electron chi connectivity index (χ1n) is 7.06. The Bertz CT molecular complexity index is 605. The van der Waals surface area contributed by atoms with Gasteiger partial charge in [0.25, 0.3) is 0 Å². The lowest BCUT2D eigenvalue weighted by Crippen LogP contribution is -2.31. The normalized spacial score (nSPS) is 13.3. The van der Waals surface area contributed by atoms with Gasteiger partial charge in [0.05, 0.1) is 11.0 Å². The molecule has 0 radical (unpaired) electrons. The molecule has 0 aliphatic rings. The Labute approximate surface area is 119 Å². The van der Waals surface area contributed by atoms with Crippen LogP contribution in [0.4, 0.5) is 10.3 Å². The van der Waals surface area contributed by atoms with Crippen LogP contribution in [0.15, 0.2) is 12.1 Å². The maximum atomic E-state index is 13.6. The zero-order valence-corrected chi connectivity index (χ0v) is 12.7. The average Bonchev–Trinajstić information content (AvgIpc) is 2.71. The van der Waals surface area contributed by atoms with Crippen LogP contribution in [0.3, 0.4) is 0 Å². The van der Waals surface area contributed by atoms with Crippen LogP contribution in [0.5, 0.6) is 0 Å². The smallest absolute Gasteiger partial charge is 0.201 e. The van der Waals surface area contributed by atoms with Crippen molar-refractivity contribution in [2.45, 2.75) is 39.8 Å². The van der Waals surface area contributed by atoms with Crippen LogP contribution in [-0.2, 0) is 6.54 Å². The third-order valence-corrected chi connectivity index (χ3v) is 4.08. The molecule has 1 atom stereocenters. The van der Waals surface area contributed by atoms with E-state index in [0.717, 1.165) is 25.0 Å². The van der Waals surface area contributed by atoms with Gasteiger partial charge >= 0.3 is 0 Å². The summed E-state index contributed by atoms with van der Waals surface area (Å²) in [6, 6.07) is 3.80. The molecule has 1 unspecified atom stereocenters. The number of nitrogens with zero attached hydrogens (tertiary/aromatic N) is 3. The van der Waals surface area contributed by atoms with Gasteiger partial charge < -0.3 is 15.2 Å². The molecule has 0 bridgehead atoms. The van der Waals surface area contributed by atoms with Gasteiger partial charge in [0, 0.05) is 25.2 Å². The average molecular weight is 278 g/mol. The van der Waals surface area contributed by atoms with Crippen molar-refractivity contribution in [3.05, 3.63) is 23.5 Å². The highest BCUT2D eigenvalue weighted by atomic mass is 19.1. The number of benzene rings is 1. The monoisotopic (exact) mass is 278 g/mol. The second kappa shape index (κ2) is 5.79. The minimum atomic E-state index is -0.237. The first kappa shape index (κ1) is 14.8. The zero-order valence-electron chi connectivity index (χ0n) is 12.7. The summed E-state index contributed by atoms with van der Waals surface area (Å²) >= 11 is 0. The molecule has 1 aromatic carbocycles. The number of rotatable bonds is 5. The van der Waals surface area contributed by atoms with Crippen molar-refractivity contribution < 1.29 is 4.39 Å². The van der Waals surface area contributed by atoms with Crippen molar-refractivity contribution in [2.75, 3.05) is 19.3 Å². The van der Waals surface area contributed by atoms with Gasteiger partial charge in [0.15, 0.2) is 0 Å². The Hall–Kier alpha value is -1.62. The summed E-state index contributed by atoms with van der Waals surface area (Å²) in [6.45, 7) is 7.78. The minimum Gasteiger partial charge on any atom is -0.369 e. The summed E-state index contributed by atoms with van der Waals surface area (Å²) in [5.74, 6) is 0.210. The predicted molar refractivity (Wildman–Crippen MR) is 81.2 cm³/mol. The highest BCUT2D eigenvalue weighted by molar-refractivity contribution is 5.79. The van der Waals surface area contributed by atoms with Crippen molar-refractivity contribution in [2.24, 2.45) is 0 Å². The lowest BCUT2D eigenvalue weighted by molar-refractivity contribution is 0.244. The maximum absolute atomic E-state index is 13.6. The standard InChI is InChI=1S/C15H23FN4/c1-5-11(3)19(4)6-7-20-14-8-10(2)12(16)9-13(14)18-15(20)17/h8-9,11H,5-7H2,1-4H3,(H2,17,18). The van der Waals surface area contributed by atoms with Crippen molar-refractivity contribution in [3.8, 4) is 0 Å². The largest absolute Gasteiger partial charge is 0.369 e. The van der Waals surface area contributed by atoms with Crippen molar-refractivity contribution >= 4 is 17.0 Å². The lowest BCUT2D eigenvalue weighted by atomic mass is 10.2. The quantitative estimate of drug-likeness (QED) is 0.915.